The van der Waals surface area contributed by atoms with Gasteiger partial charge in [-0.15, -0.1) is 0 Å². The standard InChI is InChI=1S/C31H38N6O5/c1-17(2)26-27(38)33-18(3)28(39)37-13-7-8-23(36-37)29(40)42-19(4)24-15-21(16-32)22-10-9-20(14-25(22)34-24)11-12-31(5,6)30(41)35-26/h9-12,14-15,17-19,23,26,36H,7-8,13H2,1-6H3,(H,33,38)(H,35,41)/b12-11+/t18?,19-,23?,26?/m1/s1. The number of ether oxygens (including phenoxy) is 1. The second kappa shape index (κ2) is 12.3. The Morgan fingerprint density at radius 3 is 2.55 bits per heavy atom. The number of aromatic nitrogens is 1. The normalized spacial score (nSPS) is 26.3. The summed E-state index contributed by atoms with van der Waals surface area (Å²) in [5.74, 6) is -2.04. The number of hydrogen-bond donors (Lipinski definition) is 3. The molecule has 5 bridgehead atoms. The zero-order valence-electron chi connectivity index (χ0n) is 24.9. The third kappa shape index (κ3) is 6.60. The first-order valence-electron chi connectivity index (χ1n) is 14.2. The molecule has 0 spiro atoms. The summed E-state index contributed by atoms with van der Waals surface area (Å²) in [6, 6.07) is 6.67. The highest BCUT2D eigenvalue weighted by Crippen LogP contribution is 2.27. The largest absolute Gasteiger partial charge is 0.455 e. The van der Waals surface area contributed by atoms with Crippen LogP contribution >= 0.6 is 0 Å². The molecule has 2 aromatic rings. The Morgan fingerprint density at radius 1 is 1.12 bits per heavy atom. The Labute approximate surface area is 245 Å². The molecule has 4 atom stereocenters. The van der Waals surface area contributed by atoms with Crippen LogP contribution in [0.4, 0.5) is 0 Å². The molecule has 4 rings (SSSR count). The highest BCUT2D eigenvalue weighted by molar-refractivity contribution is 5.94. The average molecular weight is 575 g/mol. The minimum Gasteiger partial charge on any atom is -0.455 e. The van der Waals surface area contributed by atoms with Gasteiger partial charge in [0.05, 0.1) is 28.3 Å². The molecular formula is C31H38N6O5. The number of cyclic esters (lactones) is 1. The lowest BCUT2D eigenvalue weighted by molar-refractivity contribution is -0.157. The monoisotopic (exact) mass is 574 g/mol. The number of carbonyl (C=O) groups is 4. The number of carbonyl (C=O) groups excluding carboxylic acids is 4. The number of hydrazine groups is 1. The van der Waals surface area contributed by atoms with E-state index in [9.17, 15) is 24.4 Å². The van der Waals surface area contributed by atoms with E-state index in [2.05, 4.69) is 22.1 Å². The first-order chi connectivity index (χ1) is 19.8. The van der Waals surface area contributed by atoms with Gasteiger partial charge in [-0.25, -0.2) is 10.4 Å². The first-order valence-corrected chi connectivity index (χ1v) is 14.2. The van der Waals surface area contributed by atoms with Crippen LogP contribution in [0.2, 0.25) is 0 Å². The smallest absolute Gasteiger partial charge is 0.325 e. The summed E-state index contributed by atoms with van der Waals surface area (Å²) in [5.41, 5.74) is 4.07. The van der Waals surface area contributed by atoms with Crippen molar-refractivity contribution in [2.24, 2.45) is 11.3 Å². The highest BCUT2D eigenvalue weighted by Gasteiger charge is 2.35. The van der Waals surface area contributed by atoms with Crippen LogP contribution in [-0.2, 0) is 23.9 Å². The minimum absolute atomic E-state index is 0.248. The quantitative estimate of drug-likeness (QED) is 0.440. The Hall–Kier alpha value is -4.30. The molecule has 0 radical (unpaired) electrons. The van der Waals surface area contributed by atoms with Crippen molar-refractivity contribution in [3.05, 3.63) is 47.2 Å². The van der Waals surface area contributed by atoms with E-state index >= 15 is 0 Å². The molecule has 222 valence electrons. The second-order valence-corrected chi connectivity index (χ2v) is 11.9. The Morgan fingerprint density at radius 2 is 1.86 bits per heavy atom. The Bertz CT molecular complexity index is 1480. The third-order valence-electron chi connectivity index (χ3n) is 7.66. The van der Waals surface area contributed by atoms with Crippen molar-refractivity contribution in [3.8, 4) is 6.07 Å². The van der Waals surface area contributed by atoms with Crippen molar-refractivity contribution in [2.45, 2.75) is 78.6 Å². The van der Waals surface area contributed by atoms with Gasteiger partial charge in [0.25, 0.3) is 5.91 Å². The van der Waals surface area contributed by atoms with Gasteiger partial charge < -0.3 is 15.4 Å². The summed E-state index contributed by atoms with van der Waals surface area (Å²) in [6.07, 6.45) is 3.78. The molecule has 0 saturated carbocycles. The van der Waals surface area contributed by atoms with Crippen LogP contribution in [0.1, 0.15) is 77.3 Å². The molecule has 1 fully saturated rings. The number of amides is 3. The lowest BCUT2D eigenvalue weighted by atomic mass is 9.89. The molecule has 3 amide bonds. The van der Waals surface area contributed by atoms with E-state index in [1.807, 2.05) is 19.9 Å². The molecule has 2 aliphatic heterocycles. The van der Waals surface area contributed by atoms with Crippen LogP contribution in [0.5, 0.6) is 0 Å². The number of rotatable bonds is 1. The molecule has 1 aromatic carbocycles. The summed E-state index contributed by atoms with van der Waals surface area (Å²) in [7, 11) is 0. The maximum Gasteiger partial charge on any atom is 0.325 e. The van der Waals surface area contributed by atoms with E-state index in [-0.39, 0.29) is 11.8 Å². The van der Waals surface area contributed by atoms with Crippen LogP contribution in [0.15, 0.2) is 30.3 Å². The lowest BCUT2D eigenvalue weighted by Gasteiger charge is -2.35. The number of nitrogens with one attached hydrogen (secondary N) is 3. The van der Waals surface area contributed by atoms with Gasteiger partial charge in [0.15, 0.2) is 0 Å². The predicted octanol–water partition coefficient (Wildman–Crippen LogP) is 2.90. The maximum atomic E-state index is 13.3. The molecular weight excluding hydrogens is 536 g/mol. The van der Waals surface area contributed by atoms with E-state index in [1.54, 1.807) is 58.0 Å². The summed E-state index contributed by atoms with van der Waals surface area (Å²) < 4.78 is 5.74. The van der Waals surface area contributed by atoms with Gasteiger partial charge in [0.1, 0.15) is 24.2 Å². The van der Waals surface area contributed by atoms with Gasteiger partial charge in [0, 0.05) is 11.9 Å². The summed E-state index contributed by atoms with van der Waals surface area (Å²) in [6.45, 7) is 10.7. The van der Waals surface area contributed by atoms with Crippen LogP contribution < -0.4 is 16.1 Å². The van der Waals surface area contributed by atoms with E-state index in [0.29, 0.717) is 41.5 Å². The number of nitrogens with zero attached hydrogens (tertiary/aromatic N) is 3. The fourth-order valence-corrected chi connectivity index (χ4v) is 4.94. The number of hydrogen-bond acceptors (Lipinski definition) is 8. The van der Waals surface area contributed by atoms with Crippen LogP contribution in [0.3, 0.4) is 0 Å². The molecule has 3 unspecified atom stereocenters. The average Bonchev–Trinajstić information content (AvgIpc) is 2.96. The molecule has 1 saturated heterocycles. The summed E-state index contributed by atoms with van der Waals surface area (Å²) in [4.78, 5) is 57.6. The second-order valence-electron chi connectivity index (χ2n) is 11.9. The van der Waals surface area contributed by atoms with Crippen molar-refractivity contribution in [3.63, 3.8) is 0 Å². The van der Waals surface area contributed by atoms with Crippen molar-refractivity contribution in [1.29, 1.82) is 5.26 Å². The first kappa shape index (κ1) is 30.7. The maximum absolute atomic E-state index is 13.3. The van der Waals surface area contributed by atoms with Crippen LogP contribution in [0.25, 0.3) is 17.0 Å². The molecule has 0 aliphatic carbocycles. The summed E-state index contributed by atoms with van der Waals surface area (Å²) >= 11 is 0. The fraction of sp³-hybridized carbons (Fsp3) is 0.484. The lowest BCUT2D eigenvalue weighted by Crippen LogP contribution is -2.61. The third-order valence-corrected chi connectivity index (χ3v) is 7.66. The van der Waals surface area contributed by atoms with Crippen molar-refractivity contribution < 1.29 is 23.9 Å². The number of fused-ring (bicyclic) bond motifs is 4. The van der Waals surface area contributed by atoms with Crippen molar-refractivity contribution in [2.75, 3.05) is 6.54 Å². The summed E-state index contributed by atoms with van der Waals surface area (Å²) in [5, 5.41) is 17.4. The number of benzene rings is 1. The fourth-order valence-electron chi connectivity index (χ4n) is 4.94. The minimum atomic E-state index is -0.981. The van der Waals surface area contributed by atoms with E-state index < -0.39 is 47.4 Å². The van der Waals surface area contributed by atoms with Gasteiger partial charge in [-0.1, -0.05) is 38.1 Å². The molecule has 3 N–H and O–H groups in total. The SMILES string of the molecule is CC1NC(=O)C(C(C)C)NC(=O)C(C)(C)/C=C/c2ccc3c(C#N)cc(nc3c2)[C@@H](C)OC(=O)C2CCCN(N2)C1=O. The van der Waals surface area contributed by atoms with Gasteiger partial charge in [-0.2, -0.15) is 5.26 Å². The molecule has 42 heavy (non-hydrogen) atoms. The van der Waals surface area contributed by atoms with Gasteiger partial charge in [-0.3, -0.25) is 24.2 Å². The topological polar surface area (TPSA) is 154 Å². The van der Waals surface area contributed by atoms with Crippen molar-refractivity contribution in [1.82, 2.24) is 26.1 Å². The van der Waals surface area contributed by atoms with Crippen LogP contribution in [0, 0.1) is 22.7 Å². The van der Waals surface area contributed by atoms with E-state index in [4.69, 9.17) is 9.72 Å². The Balaban J connectivity index is 1.76. The van der Waals surface area contributed by atoms with Crippen molar-refractivity contribution >= 4 is 40.7 Å². The molecule has 11 nitrogen and oxygen atoms in total. The molecule has 11 heteroatoms. The molecule has 3 heterocycles. The molecule has 2 aliphatic rings. The highest BCUT2D eigenvalue weighted by atomic mass is 16.5. The van der Waals surface area contributed by atoms with Gasteiger partial charge in [0.2, 0.25) is 11.8 Å². The predicted molar refractivity (Wildman–Crippen MR) is 156 cm³/mol. The molecule has 1 aromatic heterocycles. The zero-order chi connectivity index (χ0) is 30.8. The van der Waals surface area contributed by atoms with Gasteiger partial charge in [-0.05, 0) is 64.2 Å². The van der Waals surface area contributed by atoms with E-state index in [1.165, 1.54) is 5.01 Å². The Kier molecular flexibility index (Phi) is 8.97. The number of nitriles is 1. The van der Waals surface area contributed by atoms with E-state index in [0.717, 1.165) is 5.56 Å². The zero-order valence-corrected chi connectivity index (χ0v) is 24.9. The number of esters is 1. The van der Waals surface area contributed by atoms with Crippen LogP contribution in [-0.4, -0.2) is 58.4 Å². The van der Waals surface area contributed by atoms with Gasteiger partial charge >= 0.3 is 5.97 Å². The number of pyridine rings is 1.